The van der Waals surface area contributed by atoms with Crippen LogP contribution in [-0.2, 0) is 20.1 Å². The van der Waals surface area contributed by atoms with Crippen molar-refractivity contribution in [1.82, 2.24) is 15.0 Å². The molecule has 0 atom stereocenters. The first-order valence-corrected chi connectivity index (χ1v) is 13.7. The third kappa shape index (κ3) is 5.35. The van der Waals surface area contributed by atoms with Crippen LogP contribution in [0.2, 0.25) is 0 Å². The van der Waals surface area contributed by atoms with Gasteiger partial charge in [-0.25, -0.2) is 4.98 Å². The number of hydrogen-bond acceptors (Lipinski definition) is 5. The van der Waals surface area contributed by atoms with Crippen molar-refractivity contribution in [3.05, 3.63) is 112 Å². The molecule has 0 aliphatic rings. The van der Waals surface area contributed by atoms with Gasteiger partial charge in [-0.2, -0.15) is 0 Å². The van der Waals surface area contributed by atoms with Crippen molar-refractivity contribution in [1.29, 1.82) is 0 Å². The van der Waals surface area contributed by atoms with Crippen molar-refractivity contribution in [2.45, 2.75) is 34.6 Å². The first kappa shape index (κ1) is 27.9. The number of rotatable bonds is 2. The Hall–Kier alpha value is -3.70. The van der Waals surface area contributed by atoms with Crippen LogP contribution in [0.4, 0.5) is 0 Å². The zero-order valence-corrected chi connectivity index (χ0v) is 26.1. The maximum atomic E-state index is 6.10. The molecule has 201 valence electrons. The largest absolute Gasteiger partial charge is 0.486 e. The molecule has 0 aliphatic heterocycles. The van der Waals surface area contributed by atoms with Gasteiger partial charge in [0.1, 0.15) is 0 Å². The molecule has 0 saturated heterocycles. The van der Waals surface area contributed by atoms with Gasteiger partial charge < -0.3 is 14.4 Å². The van der Waals surface area contributed by atoms with Crippen LogP contribution in [0.5, 0.6) is 0 Å². The van der Waals surface area contributed by atoms with Gasteiger partial charge in [-0.05, 0) is 68.6 Å². The number of thiophene rings is 1. The summed E-state index contributed by atoms with van der Waals surface area (Å²) in [7, 11) is 0. The SMILES string of the molecule is Cc1c[c-]c(-c2cc(C)c(C)cn2)cc1.Cc1ccc2c(n1)oc1c(-c3nccc4cc(C)sc34)[c-]ccc12.[Ir]. The minimum atomic E-state index is 0. The van der Waals surface area contributed by atoms with E-state index in [2.05, 4.69) is 85.1 Å². The molecule has 0 bridgehead atoms. The fourth-order valence-electron chi connectivity index (χ4n) is 4.60. The van der Waals surface area contributed by atoms with Crippen LogP contribution in [0, 0.1) is 46.8 Å². The maximum Gasteiger partial charge on any atom is 0.216 e. The minimum absolute atomic E-state index is 0. The molecule has 0 amide bonds. The molecule has 40 heavy (non-hydrogen) atoms. The number of hydrogen-bond donors (Lipinski definition) is 0. The average molecular weight is 718 g/mol. The Morgan fingerprint density at radius 2 is 1.68 bits per heavy atom. The van der Waals surface area contributed by atoms with Crippen LogP contribution >= 0.6 is 11.3 Å². The topological polar surface area (TPSA) is 51.8 Å². The van der Waals surface area contributed by atoms with Gasteiger partial charge in [0.25, 0.3) is 0 Å². The Bertz CT molecular complexity index is 1970. The molecular weight excluding hydrogens is 691 g/mol. The Morgan fingerprint density at radius 1 is 0.825 bits per heavy atom. The number of nitrogens with zero attached hydrogens (tertiary/aromatic N) is 3. The van der Waals surface area contributed by atoms with Gasteiger partial charge >= 0.3 is 0 Å². The Kier molecular flexibility index (Phi) is 7.95. The van der Waals surface area contributed by atoms with Crippen molar-refractivity contribution in [2.24, 2.45) is 0 Å². The molecule has 0 N–H and O–H groups in total. The van der Waals surface area contributed by atoms with E-state index < -0.39 is 0 Å². The van der Waals surface area contributed by atoms with Gasteiger partial charge in [-0.15, -0.1) is 64.9 Å². The zero-order chi connectivity index (χ0) is 27.1. The van der Waals surface area contributed by atoms with Gasteiger partial charge in [0.15, 0.2) is 0 Å². The first-order chi connectivity index (χ1) is 18.9. The summed E-state index contributed by atoms with van der Waals surface area (Å²) in [5, 5.41) is 3.29. The number of aromatic nitrogens is 3. The van der Waals surface area contributed by atoms with Gasteiger partial charge in [-0.1, -0.05) is 29.5 Å². The van der Waals surface area contributed by atoms with E-state index in [-0.39, 0.29) is 20.1 Å². The molecule has 0 saturated carbocycles. The van der Waals surface area contributed by atoms with E-state index in [4.69, 9.17) is 4.42 Å². The van der Waals surface area contributed by atoms with Gasteiger partial charge in [0.2, 0.25) is 5.71 Å². The van der Waals surface area contributed by atoms with Gasteiger partial charge in [-0.3, -0.25) is 0 Å². The quantitative estimate of drug-likeness (QED) is 0.168. The van der Waals surface area contributed by atoms with Crippen molar-refractivity contribution in [3.63, 3.8) is 0 Å². The molecule has 4 nitrogen and oxygen atoms in total. The molecule has 0 fully saturated rings. The molecule has 6 heteroatoms. The van der Waals surface area contributed by atoms with Crippen molar-refractivity contribution < 1.29 is 24.5 Å². The predicted octanol–water partition coefficient (Wildman–Crippen LogP) is 9.15. The zero-order valence-electron chi connectivity index (χ0n) is 22.9. The van der Waals surface area contributed by atoms with Crippen LogP contribution in [-0.4, -0.2) is 15.0 Å². The van der Waals surface area contributed by atoms with Crippen molar-refractivity contribution >= 4 is 43.5 Å². The third-order valence-corrected chi connectivity index (χ3v) is 7.92. The van der Waals surface area contributed by atoms with Crippen LogP contribution in [0.3, 0.4) is 0 Å². The molecule has 0 spiro atoms. The summed E-state index contributed by atoms with van der Waals surface area (Å²) in [6.45, 7) is 10.3. The second-order valence-electron chi connectivity index (χ2n) is 9.87. The van der Waals surface area contributed by atoms with E-state index >= 15 is 0 Å². The normalized spacial score (nSPS) is 10.9. The van der Waals surface area contributed by atoms with Crippen LogP contribution in [0.15, 0.2) is 77.5 Å². The van der Waals surface area contributed by atoms with E-state index in [9.17, 15) is 0 Å². The third-order valence-electron chi connectivity index (χ3n) is 6.85. The molecule has 2 aromatic carbocycles. The van der Waals surface area contributed by atoms with Gasteiger partial charge in [0.05, 0.1) is 5.58 Å². The summed E-state index contributed by atoms with van der Waals surface area (Å²) in [5.41, 5.74) is 10.0. The molecule has 7 aromatic rings. The second kappa shape index (κ2) is 11.4. The smallest absolute Gasteiger partial charge is 0.216 e. The summed E-state index contributed by atoms with van der Waals surface area (Å²) in [6.07, 6.45) is 3.76. The Morgan fingerprint density at radius 3 is 2.45 bits per heavy atom. The maximum absolute atomic E-state index is 6.10. The van der Waals surface area contributed by atoms with E-state index in [1.54, 1.807) is 11.3 Å². The monoisotopic (exact) mass is 718 g/mol. The summed E-state index contributed by atoms with van der Waals surface area (Å²) in [4.78, 5) is 14.8. The fraction of sp³-hybridized carbons (Fsp3) is 0.147. The number of fused-ring (bicyclic) bond motifs is 4. The summed E-state index contributed by atoms with van der Waals surface area (Å²) < 4.78 is 7.27. The molecule has 0 aliphatic carbocycles. The van der Waals surface area contributed by atoms with E-state index in [1.807, 2.05) is 49.6 Å². The molecule has 5 aromatic heterocycles. The summed E-state index contributed by atoms with van der Waals surface area (Å²) in [5.74, 6) is 0. The van der Waals surface area contributed by atoms with Crippen LogP contribution in [0.1, 0.15) is 27.3 Å². The summed E-state index contributed by atoms with van der Waals surface area (Å²) >= 11 is 1.75. The van der Waals surface area contributed by atoms with Crippen molar-refractivity contribution in [2.75, 3.05) is 0 Å². The minimum Gasteiger partial charge on any atom is -0.486 e. The van der Waals surface area contributed by atoms with E-state index in [0.717, 1.165) is 44.6 Å². The molecule has 0 unspecified atom stereocenters. The standard InChI is InChI=1S/C20H13N2OS.C14H14N.Ir/c1-11-6-7-15-14-4-3-5-16(18(14)23-20(15)22-11)17-19-13(8-9-21-17)10-12(2)24-19;1-10-4-6-13(7-5-10)14-8-11(2)12(3)9-15-14;/h3-4,6-10H,1-2H3;4-6,8-9H,1-3H3;/q2*-1;. The number of furan rings is 1. The van der Waals surface area contributed by atoms with Crippen LogP contribution in [0.25, 0.3) is 54.7 Å². The number of pyridine rings is 3. The predicted molar refractivity (Wildman–Crippen MR) is 161 cm³/mol. The van der Waals surface area contributed by atoms with Crippen molar-refractivity contribution in [3.8, 4) is 22.5 Å². The Balaban J connectivity index is 0.000000175. The first-order valence-electron chi connectivity index (χ1n) is 12.9. The molecule has 7 rings (SSSR count). The Labute approximate surface area is 251 Å². The fourth-order valence-corrected chi connectivity index (χ4v) is 5.60. The molecule has 1 radical (unpaired) electrons. The van der Waals surface area contributed by atoms with Crippen LogP contribution < -0.4 is 0 Å². The second-order valence-corrected chi connectivity index (χ2v) is 11.1. The number of benzene rings is 2. The average Bonchev–Trinajstić information content (AvgIpc) is 3.50. The molecule has 5 heterocycles. The van der Waals surface area contributed by atoms with Gasteiger partial charge in [0, 0.05) is 58.9 Å². The van der Waals surface area contributed by atoms with E-state index in [0.29, 0.717) is 5.71 Å². The summed E-state index contributed by atoms with van der Waals surface area (Å²) in [6, 6.07) is 27.1. The number of aryl methyl sites for hydroxylation is 5. The molecular formula is C34H27IrN3OS-2. The van der Waals surface area contributed by atoms with E-state index in [1.165, 1.54) is 31.7 Å².